The second-order valence-corrected chi connectivity index (χ2v) is 9.59. The van der Waals surface area contributed by atoms with Gasteiger partial charge in [-0.15, -0.1) is 0 Å². The topological polar surface area (TPSA) is 54.5 Å². The number of carbonyl (C=O) groups is 1. The van der Waals surface area contributed by atoms with E-state index in [1.54, 1.807) is 16.4 Å². The zero-order valence-corrected chi connectivity index (χ0v) is 15.7. The average molecular weight is 369 g/mol. The Hall–Kier alpha value is -1.98. The van der Waals surface area contributed by atoms with Crippen molar-refractivity contribution in [2.24, 2.45) is 5.41 Å². The lowest BCUT2D eigenvalue weighted by atomic mass is 9.85. The molecule has 0 aromatic heterocycles. The van der Waals surface area contributed by atoms with Gasteiger partial charge in [-0.2, -0.15) is 4.31 Å². The number of benzene rings is 2. The fourth-order valence-corrected chi connectivity index (χ4v) is 6.04. The molecule has 4 nitrogen and oxygen atoms in total. The van der Waals surface area contributed by atoms with Crippen molar-refractivity contribution in [1.29, 1.82) is 0 Å². The number of carbonyl (C=O) groups excluding carboxylic acids is 1. The minimum Gasteiger partial charge on any atom is -0.303 e. The third-order valence-electron chi connectivity index (χ3n) is 6.13. The molecule has 5 heteroatoms. The van der Waals surface area contributed by atoms with Crippen LogP contribution in [0.3, 0.4) is 0 Å². The summed E-state index contributed by atoms with van der Waals surface area (Å²) in [6.07, 6.45) is 3.25. The maximum Gasteiger partial charge on any atom is 0.243 e. The zero-order chi connectivity index (χ0) is 18.4. The Bertz CT molecular complexity index is 923. The van der Waals surface area contributed by atoms with Gasteiger partial charge in [-0.3, -0.25) is 0 Å². The smallest absolute Gasteiger partial charge is 0.243 e. The third kappa shape index (κ3) is 2.53. The highest BCUT2D eigenvalue weighted by atomic mass is 32.2. The third-order valence-corrected chi connectivity index (χ3v) is 7.99. The van der Waals surface area contributed by atoms with Crippen molar-refractivity contribution < 1.29 is 13.2 Å². The maximum atomic E-state index is 13.2. The Morgan fingerprint density at radius 1 is 1.04 bits per heavy atom. The highest BCUT2D eigenvalue weighted by Gasteiger charge is 2.69. The number of hydrogen-bond acceptors (Lipinski definition) is 3. The van der Waals surface area contributed by atoms with Crippen molar-refractivity contribution in [3.05, 3.63) is 65.7 Å². The second kappa shape index (κ2) is 6.03. The summed E-state index contributed by atoms with van der Waals surface area (Å²) in [5.74, 6) is 0. The van der Waals surface area contributed by atoms with Gasteiger partial charge in [0.2, 0.25) is 10.0 Å². The van der Waals surface area contributed by atoms with Crippen LogP contribution in [0.5, 0.6) is 0 Å². The number of rotatable bonds is 4. The first-order valence-corrected chi connectivity index (χ1v) is 10.5. The maximum absolute atomic E-state index is 13.2. The molecule has 1 heterocycles. The minimum absolute atomic E-state index is 0.325. The first kappa shape index (κ1) is 17.4. The molecule has 2 aliphatic rings. The van der Waals surface area contributed by atoms with Gasteiger partial charge in [-0.05, 0) is 43.9 Å². The van der Waals surface area contributed by atoms with Crippen LogP contribution in [0, 0.1) is 12.3 Å². The molecule has 0 bridgehead atoms. The number of hydrogen-bond donors (Lipinski definition) is 0. The molecule has 2 aromatic carbocycles. The fourth-order valence-electron chi connectivity index (χ4n) is 4.50. The van der Waals surface area contributed by atoms with Crippen LogP contribution in [0.25, 0.3) is 0 Å². The Morgan fingerprint density at radius 3 is 2.38 bits per heavy atom. The fraction of sp³-hybridized carbons (Fsp3) is 0.381. The number of fused-ring (bicyclic) bond motifs is 1. The molecule has 0 amide bonds. The predicted molar refractivity (Wildman–Crippen MR) is 100 cm³/mol. The molecule has 2 fully saturated rings. The summed E-state index contributed by atoms with van der Waals surface area (Å²) in [5.41, 5.74) is 1.27. The molecular weight excluding hydrogens is 346 g/mol. The number of sulfonamides is 1. The molecule has 2 atom stereocenters. The van der Waals surface area contributed by atoms with Crippen molar-refractivity contribution in [3.63, 3.8) is 0 Å². The van der Waals surface area contributed by atoms with E-state index in [4.69, 9.17) is 0 Å². The van der Waals surface area contributed by atoms with E-state index >= 15 is 0 Å². The summed E-state index contributed by atoms with van der Waals surface area (Å²) in [4.78, 5) is 12.3. The highest BCUT2D eigenvalue weighted by molar-refractivity contribution is 7.89. The van der Waals surface area contributed by atoms with E-state index < -0.39 is 20.9 Å². The average Bonchev–Trinajstić information content (AvgIpc) is 3.32. The van der Waals surface area contributed by atoms with Gasteiger partial charge in [-0.1, -0.05) is 48.0 Å². The summed E-state index contributed by atoms with van der Waals surface area (Å²) >= 11 is 0. The standard InChI is InChI=1S/C21H23NO3S/c1-17-8-10-19(11-9-17)26(24,25)22-13-5-12-20(16-23)14-21(20,15-22)18-6-3-2-4-7-18/h2-4,6-11,16H,5,12-15H2,1H3. The normalized spacial score (nSPS) is 28.8. The van der Waals surface area contributed by atoms with Crippen LogP contribution in [0.15, 0.2) is 59.5 Å². The molecule has 1 aliphatic carbocycles. The molecule has 2 unspecified atom stereocenters. The summed E-state index contributed by atoms with van der Waals surface area (Å²) in [5, 5.41) is 0. The van der Waals surface area contributed by atoms with E-state index in [-0.39, 0.29) is 0 Å². The van der Waals surface area contributed by atoms with Crippen molar-refractivity contribution >= 4 is 16.3 Å². The molecule has 136 valence electrons. The number of nitrogens with zero attached hydrogens (tertiary/aromatic N) is 1. The summed E-state index contributed by atoms with van der Waals surface area (Å²) in [6, 6.07) is 16.9. The Balaban J connectivity index is 1.74. The minimum atomic E-state index is -3.57. The molecule has 0 spiro atoms. The summed E-state index contributed by atoms with van der Waals surface area (Å²) < 4.78 is 28.0. The lowest BCUT2D eigenvalue weighted by molar-refractivity contribution is -0.113. The van der Waals surface area contributed by atoms with E-state index in [0.717, 1.165) is 30.3 Å². The van der Waals surface area contributed by atoms with Gasteiger partial charge in [0, 0.05) is 23.9 Å². The molecule has 4 rings (SSSR count). The Morgan fingerprint density at radius 2 is 1.73 bits per heavy atom. The molecule has 0 N–H and O–H groups in total. The van der Waals surface area contributed by atoms with Crippen molar-refractivity contribution in [3.8, 4) is 0 Å². The summed E-state index contributed by atoms with van der Waals surface area (Å²) in [6.45, 7) is 2.77. The van der Waals surface area contributed by atoms with E-state index in [2.05, 4.69) is 0 Å². The van der Waals surface area contributed by atoms with Crippen LogP contribution in [0.4, 0.5) is 0 Å². The van der Waals surface area contributed by atoms with E-state index in [1.807, 2.05) is 49.4 Å². The SMILES string of the molecule is Cc1ccc(S(=O)(=O)N2CCCC3(C=O)CC3(c3ccccc3)C2)cc1. The van der Waals surface area contributed by atoms with Crippen LogP contribution in [0.2, 0.25) is 0 Å². The first-order chi connectivity index (χ1) is 12.4. The van der Waals surface area contributed by atoms with Gasteiger partial charge in [-0.25, -0.2) is 8.42 Å². The lowest BCUT2D eigenvalue weighted by Crippen LogP contribution is -2.38. The van der Waals surface area contributed by atoms with Crippen molar-refractivity contribution in [2.75, 3.05) is 13.1 Å². The first-order valence-electron chi connectivity index (χ1n) is 9.02. The molecule has 1 saturated carbocycles. The quantitative estimate of drug-likeness (QED) is 0.777. The van der Waals surface area contributed by atoms with Crippen LogP contribution in [0.1, 0.15) is 30.4 Å². The van der Waals surface area contributed by atoms with E-state index in [1.165, 1.54) is 0 Å². The number of aryl methyl sites for hydroxylation is 1. The highest BCUT2D eigenvalue weighted by Crippen LogP contribution is 2.67. The Kier molecular flexibility index (Phi) is 4.04. The lowest BCUT2D eigenvalue weighted by Gasteiger charge is -2.27. The zero-order valence-electron chi connectivity index (χ0n) is 14.9. The molecule has 0 radical (unpaired) electrons. The monoisotopic (exact) mass is 369 g/mol. The van der Waals surface area contributed by atoms with Crippen molar-refractivity contribution in [1.82, 2.24) is 4.31 Å². The van der Waals surface area contributed by atoms with Gasteiger partial charge in [0.05, 0.1) is 4.90 Å². The van der Waals surface area contributed by atoms with Crippen LogP contribution in [-0.4, -0.2) is 32.1 Å². The predicted octanol–water partition coefficient (Wildman–Crippen LogP) is 3.31. The molecule has 2 aromatic rings. The Labute approximate surface area is 154 Å². The van der Waals surface area contributed by atoms with Gasteiger partial charge >= 0.3 is 0 Å². The van der Waals surface area contributed by atoms with Gasteiger partial charge in [0.25, 0.3) is 0 Å². The molecule has 26 heavy (non-hydrogen) atoms. The van der Waals surface area contributed by atoms with Gasteiger partial charge in [0.1, 0.15) is 6.29 Å². The van der Waals surface area contributed by atoms with Crippen LogP contribution >= 0.6 is 0 Å². The summed E-state index contributed by atoms with van der Waals surface area (Å²) in [7, 11) is -3.57. The second-order valence-electron chi connectivity index (χ2n) is 7.65. The van der Waals surface area contributed by atoms with Crippen LogP contribution < -0.4 is 0 Å². The number of aldehydes is 1. The largest absolute Gasteiger partial charge is 0.303 e. The van der Waals surface area contributed by atoms with E-state index in [0.29, 0.717) is 24.4 Å². The van der Waals surface area contributed by atoms with Crippen molar-refractivity contribution in [2.45, 2.75) is 36.5 Å². The van der Waals surface area contributed by atoms with Gasteiger partial charge in [0.15, 0.2) is 0 Å². The molecule has 1 saturated heterocycles. The molecular formula is C21H23NO3S. The van der Waals surface area contributed by atoms with Crippen LogP contribution in [-0.2, 0) is 20.2 Å². The van der Waals surface area contributed by atoms with E-state index in [9.17, 15) is 13.2 Å². The van der Waals surface area contributed by atoms with Gasteiger partial charge < -0.3 is 4.79 Å². The molecule has 1 aliphatic heterocycles.